The standard InChI is InChI=1S/C12H16O7/c13-5-8-9(15)10(16)11(17)12(19-8)18-7-4-2-1-3-6(7)14/h1-4,8-17H,5H2/t8-,9-,10+,11-,12?/m1/s1. The van der Waals surface area contributed by atoms with Gasteiger partial charge in [-0.3, -0.25) is 0 Å². The zero-order chi connectivity index (χ0) is 14.0. The molecule has 0 aliphatic carbocycles. The molecule has 1 aromatic carbocycles. The van der Waals surface area contributed by atoms with Crippen LogP contribution in [0.1, 0.15) is 0 Å². The van der Waals surface area contributed by atoms with E-state index in [1.54, 1.807) is 12.1 Å². The number of benzene rings is 1. The largest absolute Gasteiger partial charge is 0.504 e. The van der Waals surface area contributed by atoms with Crippen molar-refractivity contribution in [3.63, 3.8) is 0 Å². The van der Waals surface area contributed by atoms with Crippen LogP contribution in [0.3, 0.4) is 0 Å². The molecule has 0 amide bonds. The fourth-order valence-electron chi connectivity index (χ4n) is 1.85. The van der Waals surface area contributed by atoms with Crippen LogP contribution in [-0.2, 0) is 4.74 Å². The summed E-state index contributed by atoms with van der Waals surface area (Å²) in [4.78, 5) is 0. The van der Waals surface area contributed by atoms with E-state index in [4.69, 9.17) is 14.6 Å². The highest BCUT2D eigenvalue weighted by Gasteiger charge is 2.44. The molecule has 1 heterocycles. The summed E-state index contributed by atoms with van der Waals surface area (Å²) in [7, 11) is 0. The summed E-state index contributed by atoms with van der Waals surface area (Å²) in [5.41, 5.74) is 0. The van der Waals surface area contributed by atoms with Crippen molar-refractivity contribution in [2.45, 2.75) is 30.7 Å². The fraction of sp³-hybridized carbons (Fsp3) is 0.500. The van der Waals surface area contributed by atoms with Crippen LogP contribution in [0.2, 0.25) is 0 Å². The molecule has 0 spiro atoms. The van der Waals surface area contributed by atoms with E-state index < -0.39 is 37.3 Å². The molecular weight excluding hydrogens is 256 g/mol. The van der Waals surface area contributed by atoms with Crippen LogP contribution in [0.15, 0.2) is 24.3 Å². The minimum atomic E-state index is -1.51. The van der Waals surface area contributed by atoms with Gasteiger partial charge in [-0.05, 0) is 12.1 Å². The van der Waals surface area contributed by atoms with Crippen molar-refractivity contribution in [1.29, 1.82) is 0 Å². The lowest BCUT2D eigenvalue weighted by molar-refractivity contribution is -0.277. The normalized spacial score (nSPS) is 35.1. The smallest absolute Gasteiger partial charge is 0.229 e. The molecule has 5 atom stereocenters. The Hall–Kier alpha value is -1.38. The van der Waals surface area contributed by atoms with Gasteiger partial charge >= 0.3 is 0 Å². The van der Waals surface area contributed by atoms with E-state index in [0.29, 0.717) is 0 Å². The van der Waals surface area contributed by atoms with Gasteiger partial charge in [0.25, 0.3) is 0 Å². The molecule has 0 radical (unpaired) electrons. The van der Waals surface area contributed by atoms with Gasteiger partial charge in [0, 0.05) is 0 Å². The van der Waals surface area contributed by atoms with E-state index >= 15 is 0 Å². The van der Waals surface area contributed by atoms with Crippen molar-refractivity contribution in [3.05, 3.63) is 24.3 Å². The number of hydrogen-bond acceptors (Lipinski definition) is 7. The lowest BCUT2D eigenvalue weighted by atomic mass is 9.99. The number of aliphatic hydroxyl groups excluding tert-OH is 4. The average Bonchev–Trinajstić information content (AvgIpc) is 2.41. The Kier molecular flexibility index (Phi) is 4.23. The molecule has 1 aliphatic heterocycles. The number of para-hydroxylation sites is 2. The van der Waals surface area contributed by atoms with E-state index in [1.165, 1.54) is 12.1 Å². The van der Waals surface area contributed by atoms with Gasteiger partial charge in [0.2, 0.25) is 6.29 Å². The molecule has 1 aliphatic rings. The minimum Gasteiger partial charge on any atom is -0.504 e. The maximum absolute atomic E-state index is 9.75. The second-order valence-electron chi connectivity index (χ2n) is 4.28. The van der Waals surface area contributed by atoms with Gasteiger partial charge in [0.05, 0.1) is 6.61 Å². The number of ether oxygens (including phenoxy) is 2. The molecule has 19 heavy (non-hydrogen) atoms. The van der Waals surface area contributed by atoms with Crippen LogP contribution in [0.4, 0.5) is 0 Å². The predicted octanol–water partition coefficient (Wildman–Crippen LogP) is -1.43. The first kappa shape index (κ1) is 14.0. The zero-order valence-corrected chi connectivity index (χ0v) is 9.96. The summed E-state index contributed by atoms with van der Waals surface area (Å²) in [5, 5.41) is 47.5. The lowest BCUT2D eigenvalue weighted by Gasteiger charge is -2.39. The van der Waals surface area contributed by atoms with Crippen LogP contribution in [0, 0.1) is 0 Å². The van der Waals surface area contributed by atoms with Crippen LogP contribution in [0.5, 0.6) is 11.5 Å². The molecule has 7 heteroatoms. The van der Waals surface area contributed by atoms with Gasteiger partial charge < -0.3 is 35.0 Å². The summed E-state index contributed by atoms with van der Waals surface area (Å²) < 4.78 is 10.4. The third-order valence-electron chi connectivity index (χ3n) is 2.96. The Morgan fingerprint density at radius 3 is 2.37 bits per heavy atom. The minimum absolute atomic E-state index is 0.0619. The third kappa shape index (κ3) is 2.80. The summed E-state index contributed by atoms with van der Waals surface area (Å²) >= 11 is 0. The summed E-state index contributed by atoms with van der Waals surface area (Å²) in [6.45, 7) is -0.536. The van der Waals surface area contributed by atoms with Crippen LogP contribution in [0.25, 0.3) is 0 Å². The molecule has 1 aromatic rings. The van der Waals surface area contributed by atoms with E-state index in [9.17, 15) is 20.4 Å². The number of hydrogen-bond donors (Lipinski definition) is 5. The van der Waals surface area contributed by atoms with E-state index in [0.717, 1.165) is 0 Å². The SMILES string of the molecule is OC[C@H]1OC(Oc2ccccc2O)[C@H](O)[C@@H](O)[C@@H]1O. The van der Waals surface area contributed by atoms with Gasteiger partial charge in [0.1, 0.15) is 24.4 Å². The number of aliphatic hydroxyl groups is 4. The van der Waals surface area contributed by atoms with Crippen LogP contribution in [-0.4, -0.2) is 62.8 Å². The fourth-order valence-corrected chi connectivity index (χ4v) is 1.85. The molecule has 1 unspecified atom stereocenters. The topological polar surface area (TPSA) is 120 Å². The molecule has 5 N–H and O–H groups in total. The highest BCUT2D eigenvalue weighted by atomic mass is 16.7. The number of phenols is 1. The molecule has 1 saturated heterocycles. The summed E-state index contributed by atoms with van der Waals surface area (Å²) in [6.07, 6.45) is -6.80. The number of rotatable bonds is 3. The van der Waals surface area contributed by atoms with Crippen LogP contribution >= 0.6 is 0 Å². The quantitative estimate of drug-likeness (QED) is 0.457. The Balaban J connectivity index is 2.13. The maximum Gasteiger partial charge on any atom is 0.229 e. The maximum atomic E-state index is 9.75. The summed E-state index contributed by atoms with van der Waals surface area (Å²) in [5.74, 6) is -0.0914. The van der Waals surface area contributed by atoms with Gasteiger partial charge in [-0.15, -0.1) is 0 Å². The molecule has 106 valence electrons. The molecule has 1 fully saturated rings. The van der Waals surface area contributed by atoms with Crippen molar-refractivity contribution in [2.75, 3.05) is 6.61 Å². The first-order valence-electron chi connectivity index (χ1n) is 5.79. The average molecular weight is 272 g/mol. The Morgan fingerprint density at radius 2 is 1.74 bits per heavy atom. The van der Waals surface area contributed by atoms with Gasteiger partial charge in [0.15, 0.2) is 11.5 Å². The summed E-state index contributed by atoms with van der Waals surface area (Å²) in [6, 6.07) is 6.05. The number of phenolic OH excluding ortho intramolecular Hbond substituents is 1. The van der Waals surface area contributed by atoms with Crippen LogP contribution < -0.4 is 4.74 Å². The van der Waals surface area contributed by atoms with E-state index in [2.05, 4.69) is 0 Å². The first-order chi connectivity index (χ1) is 9.04. The van der Waals surface area contributed by atoms with Gasteiger partial charge in [-0.25, -0.2) is 0 Å². The highest BCUT2D eigenvalue weighted by molar-refractivity contribution is 5.38. The predicted molar refractivity (Wildman–Crippen MR) is 62.5 cm³/mol. The highest BCUT2D eigenvalue weighted by Crippen LogP contribution is 2.29. The first-order valence-corrected chi connectivity index (χ1v) is 5.79. The molecule has 0 saturated carbocycles. The van der Waals surface area contributed by atoms with Crippen molar-refractivity contribution in [2.24, 2.45) is 0 Å². The second-order valence-corrected chi connectivity index (χ2v) is 4.28. The Bertz CT molecular complexity index is 422. The molecule has 0 aromatic heterocycles. The van der Waals surface area contributed by atoms with Crippen molar-refractivity contribution in [1.82, 2.24) is 0 Å². The van der Waals surface area contributed by atoms with Gasteiger partial charge in [-0.1, -0.05) is 12.1 Å². The monoisotopic (exact) mass is 272 g/mol. The Morgan fingerprint density at radius 1 is 1.05 bits per heavy atom. The molecule has 7 nitrogen and oxygen atoms in total. The van der Waals surface area contributed by atoms with Crippen molar-refractivity contribution < 1.29 is 35.0 Å². The van der Waals surface area contributed by atoms with Crippen molar-refractivity contribution >= 4 is 0 Å². The molecular formula is C12H16O7. The van der Waals surface area contributed by atoms with Gasteiger partial charge in [-0.2, -0.15) is 0 Å². The molecule has 0 bridgehead atoms. The van der Waals surface area contributed by atoms with E-state index in [-0.39, 0.29) is 11.5 Å². The second kappa shape index (κ2) is 5.72. The van der Waals surface area contributed by atoms with Crippen molar-refractivity contribution in [3.8, 4) is 11.5 Å². The number of aromatic hydroxyl groups is 1. The molecule has 2 rings (SSSR count). The lowest BCUT2D eigenvalue weighted by Crippen LogP contribution is -2.60. The van der Waals surface area contributed by atoms with E-state index in [1.807, 2.05) is 0 Å². The zero-order valence-electron chi connectivity index (χ0n) is 9.96. The Labute approximate surface area is 109 Å². The third-order valence-corrected chi connectivity index (χ3v) is 2.96.